The first-order valence-corrected chi connectivity index (χ1v) is 11.2. The molecular weight excluding hydrogens is 406 g/mol. The minimum atomic E-state index is -0.239. The lowest BCUT2D eigenvalue weighted by Gasteiger charge is -2.25. The first-order valence-electron chi connectivity index (χ1n) is 11.2. The van der Waals surface area contributed by atoms with E-state index in [2.05, 4.69) is 57.9 Å². The molecule has 2 heterocycles. The van der Waals surface area contributed by atoms with E-state index in [1.807, 2.05) is 18.2 Å². The van der Waals surface area contributed by atoms with Crippen LogP contribution in [0.25, 0.3) is 11.2 Å². The van der Waals surface area contributed by atoms with E-state index in [1.54, 1.807) is 4.57 Å². The van der Waals surface area contributed by atoms with Crippen LogP contribution in [0.3, 0.4) is 0 Å². The molecule has 0 bridgehead atoms. The summed E-state index contributed by atoms with van der Waals surface area (Å²) in [6, 6.07) is 11.5. The first-order chi connectivity index (χ1) is 15.5. The number of fused-ring (bicyclic) bond motifs is 1. The Bertz CT molecular complexity index is 1030. The van der Waals surface area contributed by atoms with Crippen molar-refractivity contribution in [1.29, 1.82) is 0 Å². The van der Waals surface area contributed by atoms with Crippen molar-refractivity contribution < 1.29 is 4.74 Å². The van der Waals surface area contributed by atoms with Crippen molar-refractivity contribution in [2.75, 3.05) is 51.0 Å². The van der Waals surface area contributed by atoms with Gasteiger partial charge in [-0.25, -0.2) is 4.79 Å². The number of aryl methyl sites for hydroxylation is 1. The summed E-state index contributed by atoms with van der Waals surface area (Å²) in [7, 11) is 4.16. The van der Waals surface area contributed by atoms with Crippen molar-refractivity contribution >= 4 is 22.7 Å². The molecule has 32 heavy (non-hydrogen) atoms. The van der Waals surface area contributed by atoms with Crippen LogP contribution in [0.15, 0.2) is 29.1 Å². The van der Waals surface area contributed by atoms with Crippen molar-refractivity contribution in [2.24, 2.45) is 0 Å². The summed E-state index contributed by atoms with van der Waals surface area (Å²) in [4.78, 5) is 28.5. The van der Waals surface area contributed by atoms with E-state index in [9.17, 15) is 4.79 Å². The van der Waals surface area contributed by atoms with Crippen LogP contribution in [0.1, 0.15) is 32.6 Å². The van der Waals surface area contributed by atoms with Gasteiger partial charge in [0.05, 0.1) is 6.61 Å². The summed E-state index contributed by atoms with van der Waals surface area (Å²) in [5.41, 5.74) is 7.81. The minimum absolute atomic E-state index is 0.209. The fraction of sp³-hybridized carbons (Fsp3) is 0.522. The van der Waals surface area contributed by atoms with Gasteiger partial charge >= 0.3 is 11.7 Å². The number of nitrogen functional groups attached to an aromatic ring is 1. The predicted molar refractivity (Wildman–Crippen MR) is 128 cm³/mol. The molecule has 0 aliphatic rings. The first kappa shape index (κ1) is 23.6. The molecule has 0 spiro atoms. The summed E-state index contributed by atoms with van der Waals surface area (Å²) in [6.45, 7) is 5.86. The molecular formula is C23H34N7O2. The number of nitrogens with two attached hydrogens (primary N) is 1. The molecule has 3 aromatic rings. The highest BCUT2D eigenvalue weighted by Gasteiger charge is 2.15. The molecule has 0 saturated heterocycles. The highest BCUT2D eigenvalue weighted by molar-refractivity contribution is 5.81. The number of ether oxygens (including phenoxy) is 1. The second-order valence-electron chi connectivity index (χ2n) is 8.12. The zero-order valence-electron chi connectivity index (χ0n) is 19.3. The smallest absolute Gasteiger partial charge is 0.327 e. The van der Waals surface area contributed by atoms with Gasteiger partial charge in [0.25, 0.3) is 0 Å². The van der Waals surface area contributed by atoms with E-state index in [1.165, 1.54) is 0 Å². The van der Waals surface area contributed by atoms with E-state index in [-0.39, 0.29) is 17.5 Å². The van der Waals surface area contributed by atoms with Crippen LogP contribution in [0.2, 0.25) is 0 Å². The Morgan fingerprint density at radius 3 is 2.69 bits per heavy atom. The second kappa shape index (κ2) is 11.5. The number of nitrogens with one attached hydrogen (secondary N) is 1. The molecule has 1 radical (unpaired) electrons. The maximum atomic E-state index is 12.6. The Balaban J connectivity index is 1.71. The summed E-state index contributed by atoms with van der Waals surface area (Å²) >= 11 is 0. The number of para-hydroxylation sites is 1. The highest BCUT2D eigenvalue weighted by atomic mass is 16.5. The minimum Gasteiger partial charge on any atom is -0.463 e. The molecule has 0 aliphatic carbocycles. The Morgan fingerprint density at radius 2 is 1.97 bits per heavy atom. The van der Waals surface area contributed by atoms with E-state index in [0.717, 1.165) is 51.0 Å². The van der Waals surface area contributed by atoms with Gasteiger partial charge in [0.1, 0.15) is 5.52 Å². The summed E-state index contributed by atoms with van der Waals surface area (Å²) in [6.07, 6.45) is 3.73. The Morgan fingerprint density at radius 1 is 1.16 bits per heavy atom. The maximum Gasteiger partial charge on any atom is 0.327 e. The van der Waals surface area contributed by atoms with Gasteiger partial charge in [0.2, 0.25) is 0 Å². The maximum absolute atomic E-state index is 12.6. The SMILES string of the molecule is CCCCOc1nc(N)c2[nH]c(=O)n(CCCN(CCCN(C)C)c3[c]cccc3)c2n1. The molecule has 2 aromatic heterocycles. The number of rotatable bonds is 13. The average molecular weight is 441 g/mol. The van der Waals surface area contributed by atoms with Gasteiger partial charge in [-0.05, 0) is 46.0 Å². The number of nitrogens with zero attached hydrogens (tertiary/aromatic N) is 5. The predicted octanol–water partition coefficient (Wildman–Crippen LogP) is 2.53. The lowest BCUT2D eigenvalue weighted by atomic mass is 10.2. The van der Waals surface area contributed by atoms with Gasteiger partial charge < -0.3 is 25.3 Å². The molecule has 9 nitrogen and oxygen atoms in total. The summed E-state index contributed by atoms with van der Waals surface area (Å²) in [5.74, 6) is 0.224. The van der Waals surface area contributed by atoms with Crippen molar-refractivity contribution in [3.05, 3.63) is 40.8 Å². The number of anilines is 2. The standard InChI is InChI=1S/C23H34N7O2/c1-4-5-17-32-22-26-20(24)19-21(27-22)30(23(31)25-19)16-10-15-29(14-9-13-28(2)3)18-11-7-6-8-12-18/h6-8,11H,4-5,9-10,13-17H2,1-3H3,(H,25,31)(H2,24,26,27). The van der Waals surface area contributed by atoms with E-state index in [0.29, 0.717) is 24.3 Å². The molecule has 0 fully saturated rings. The lowest BCUT2D eigenvalue weighted by Crippen LogP contribution is -2.29. The van der Waals surface area contributed by atoms with Gasteiger partial charge in [0.15, 0.2) is 11.5 Å². The molecule has 3 N–H and O–H groups in total. The van der Waals surface area contributed by atoms with Crippen LogP contribution in [-0.4, -0.2) is 64.8 Å². The number of imidazole rings is 1. The van der Waals surface area contributed by atoms with Crippen molar-refractivity contribution in [3.63, 3.8) is 0 Å². The highest BCUT2D eigenvalue weighted by Crippen LogP contribution is 2.19. The van der Waals surface area contributed by atoms with Crippen LogP contribution in [0.4, 0.5) is 11.5 Å². The van der Waals surface area contributed by atoms with Crippen LogP contribution in [-0.2, 0) is 6.54 Å². The normalized spacial score (nSPS) is 11.4. The number of aromatic amines is 1. The van der Waals surface area contributed by atoms with Crippen LogP contribution in [0, 0.1) is 6.07 Å². The molecule has 173 valence electrons. The Hall–Kier alpha value is -3.07. The van der Waals surface area contributed by atoms with Crippen LogP contribution < -0.4 is 21.1 Å². The van der Waals surface area contributed by atoms with Crippen LogP contribution in [0.5, 0.6) is 6.01 Å². The molecule has 0 amide bonds. The van der Waals surface area contributed by atoms with Gasteiger partial charge in [0, 0.05) is 31.4 Å². The van der Waals surface area contributed by atoms with Gasteiger partial charge in [-0.1, -0.05) is 31.5 Å². The molecule has 0 unspecified atom stereocenters. The molecule has 0 aliphatic heterocycles. The zero-order valence-corrected chi connectivity index (χ0v) is 19.3. The number of benzene rings is 1. The number of aromatic nitrogens is 4. The quantitative estimate of drug-likeness (QED) is 0.394. The number of unbranched alkanes of at least 4 members (excludes halogenated alkanes) is 1. The van der Waals surface area contributed by atoms with Crippen molar-refractivity contribution in [1.82, 2.24) is 24.4 Å². The molecule has 1 aromatic carbocycles. The summed E-state index contributed by atoms with van der Waals surface area (Å²) < 4.78 is 7.23. The van der Waals surface area contributed by atoms with Crippen molar-refractivity contribution in [3.8, 4) is 6.01 Å². The number of hydrogen-bond donors (Lipinski definition) is 2. The second-order valence-corrected chi connectivity index (χ2v) is 8.12. The molecule has 9 heteroatoms. The van der Waals surface area contributed by atoms with Crippen molar-refractivity contribution in [2.45, 2.75) is 39.2 Å². The topological polar surface area (TPSA) is 105 Å². The lowest BCUT2D eigenvalue weighted by molar-refractivity contribution is 0.286. The third kappa shape index (κ3) is 6.23. The number of hydrogen-bond acceptors (Lipinski definition) is 7. The fourth-order valence-corrected chi connectivity index (χ4v) is 3.54. The van der Waals surface area contributed by atoms with Gasteiger partial charge in [-0.2, -0.15) is 9.97 Å². The largest absolute Gasteiger partial charge is 0.463 e. The van der Waals surface area contributed by atoms with Gasteiger partial charge in [-0.3, -0.25) is 4.57 Å². The van der Waals surface area contributed by atoms with E-state index in [4.69, 9.17) is 10.5 Å². The summed E-state index contributed by atoms with van der Waals surface area (Å²) in [5, 5.41) is 0. The zero-order chi connectivity index (χ0) is 22.9. The van der Waals surface area contributed by atoms with E-state index < -0.39 is 0 Å². The number of H-pyrrole nitrogens is 1. The Kier molecular flexibility index (Phi) is 8.49. The third-order valence-electron chi connectivity index (χ3n) is 5.24. The molecule has 3 rings (SSSR count). The van der Waals surface area contributed by atoms with Crippen LogP contribution >= 0.6 is 0 Å². The average Bonchev–Trinajstić information content (AvgIpc) is 3.09. The monoisotopic (exact) mass is 440 g/mol. The van der Waals surface area contributed by atoms with Gasteiger partial charge in [-0.15, -0.1) is 0 Å². The Labute approximate surface area is 189 Å². The fourth-order valence-electron chi connectivity index (χ4n) is 3.54. The molecule has 0 saturated carbocycles. The molecule has 0 atom stereocenters. The third-order valence-corrected chi connectivity index (χ3v) is 5.24. The van der Waals surface area contributed by atoms with E-state index >= 15 is 0 Å².